The fourth-order valence-corrected chi connectivity index (χ4v) is 0. The quantitative estimate of drug-likeness (QED) is 0.276. The van der Waals surface area contributed by atoms with Crippen molar-refractivity contribution in [1.82, 2.24) is 0 Å². The first-order chi connectivity index (χ1) is 3.64. The molecule has 5 N–H and O–H groups in total. The molecule has 0 aromatic heterocycles. The Morgan fingerprint density at radius 3 is 1.75 bits per heavy atom. The van der Waals surface area contributed by atoms with Gasteiger partial charge in [0.15, 0.2) is 0 Å². The molecular weight excluding hydrogens is 114 g/mol. The van der Waals surface area contributed by atoms with Crippen LogP contribution in [0.15, 0.2) is 0 Å². The molecule has 0 aliphatic rings. The summed E-state index contributed by atoms with van der Waals surface area (Å²) >= 11 is 0. The number of nitrogens with two attached hydrogens (primary N) is 1. The second-order valence-corrected chi connectivity index (χ2v) is 1.13. The number of carboxylic acids is 1. The SMILES string of the molecule is C[C@H](N)C(=O)O.OO. The van der Waals surface area contributed by atoms with Crippen molar-refractivity contribution in [2.24, 2.45) is 5.73 Å². The van der Waals surface area contributed by atoms with Crippen LogP contribution < -0.4 is 5.73 Å². The highest BCUT2D eigenvalue weighted by molar-refractivity contribution is 5.72. The van der Waals surface area contributed by atoms with E-state index in [1.165, 1.54) is 6.92 Å². The van der Waals surface area contributed by atoms with Crippen LogP contribution in [0.25, 0.3) is 0 Å². The third kappa shape index (κ3) is 9.02. The lowest BCUT2D eigenvalue weighted by Gasteiger charge is -1.90. The molecule has 50 valence electrons. The standard InChI is InChI=1S/C3H7NO2.H2O2/c1-2(4)3(5)6;1-2/h2H,4H2,1H3,(H,5,6);1-2H/t2-;/m0./s1. The molecule has 0 aromatic rings. The number of carbonyl (C=O) groups is 1. The Bertz CT molecular complexity index is 62.3. The van der Waals surface area contributed by atoms with Gasteiger partial charge >= 0.3 is 5.97 Å². The maximum atomic E-state index is 9.57. The predicted molar refractivity (Wildman–Crippen MR) is 26.5 cm³/mol. The second kappa shape index (κ2) is 6.35. The van der Waals surface area contributed by atoms with Gasteiger partial charge in [-0.05, 0) is 6.92 Å². The van der Waals surface area contributed by atoms with E-state index in [4.69, 9.17) is 21.4 Å². The van der Waals surface area contributed by atoms with Crippen molar-refractivity contribution in [1.29, 1.82) is 0 Å². The Morgan fingerprint density at radius 2 is 1.75 bits per heavy atom. The Hall–Kier alpha value is -0.650. The van der Waals surface area contributed by atoms with Crippen molar-refractivity contribution >= 4 is 5.97 Å². The summed E-state index contributed by atoms with van der Waals surface area (Å²) in [4.78, 5) is 9.57. The molecular formula is C3H9NO4. The van der Waals surface area contributed by atoms with E-state index < -0.39 is 12.0 Å². The molecule has 0 heterocycles. The van der Waals surface area contributed by atoms with Crippen molar-refractivity contribution in [3.63, 3.8) is 0 Å². The van der Waals surface area contributed by atoms with E-state index in [1.807, 2.05) is 0 Å². The number of hydrogen-bond donors (Lipinski definition) is 4. The van der Waals surface area contributed by atoms with Gasteiger partial charge in [0.1, 0.15) is 6.04 Å². The first-order valence-electron chi connectivity index (χ1n) is 1.83. The molecule has 0 saturated carbocycles. The van der Waals surface area contributed by atoms with Crippen molar-refractivity contribution in [2.75, 3.05) is 0 Å². The zero-order chi connectivity index (χ0) is 7.15. The number of hydrogen-bond acceptors (Lipinski definition) is 4. The number of rotatable bonds is 1. The van der Waals surface area contributed by atoms with E-state index in [9.17, 15) is 4.79 Å². The lowest BCUT2D eigenvalue weighted by molar-refractivity contribution is -0.176. The average Bonchev–Trinajstić information content (AvgIpc) is 1.72. The van der Waals surface area contributed by atoms with Crippen LogP contribution in [0.3, 0.4) is 0 Å². The molecule has 0 aliphatic carbocycles. The molecule has 5 nitrogen and oxygen atoms in total. The smallest absolute Gasteiger partial charge is 0.320 e. The van der Waals surface area contributed by atoms with Gasteiger partial charge in [-0.1, -0.05) is 0 Å². The summed E-state index contributed by atoms with van der Waals surface area (Å²) in [6, 6.07) is -0.731. The van der Waals surface area contributed by atoms with E-state index in [0.29, 0.717) is 0 Å². The van der Waals surface area contributed by atoms with E-state index >= 15 is 0 Å². The summed E-state index contributed by atoms with van der Waals surface area (Å²) in [6.07, 6.45) is 0. The average molecular weight is 123 g/mol. The summed E-state index contributed by atoms with van der Waals surface area (Å²) in [7, 11) is 0. The Morgan fingerprint density at radius 1 is 1.62 bits per heavy atom. The molecule has 0 aromatic carbocycles. The molecule has 0 rings (SSSR count). The van der Waals surface area contributed by atoms with Gasteiger partial charge in [0.2, 0.25) is 0 Å². The zero-order valence-electron chi connectivity index (χ0n) is 4.40. The lowest BCUT2D eigenvalue weighted by atomic mass is 10.4. The molecule has 0 unspecified atom stereocenters. The Labute approximate surface area is 46.3 Å². The minimum Gasteiger partial charge on any atom is -0.480 e. The molecule has 0 bridgehead atoms. The predicted octanol–water partition coefficient (Wildman–Crippen LogP) is -0.564. The lowest BCUT2D eigenvalue weighted by Crippen LogP contribution is -2.25. The van der Waals surface area contributed by atoms with Crippen molar-refractivity contribution < 1.29 is 20.4 Å². The summed E-state index contributed by atoms with van der Waals surface area (Å²) in [6.45, 7) is 1.42. The monoisotopic (exact) mass is 123 g/mol. The topological polar surface area (TPSA) is 104 Å². The molecule has 0 aliphatic heterocycles. The minimum absolute atomic E-state index is 0.731. The zero-order valence-corrected chi connectivity index (χ0v) is 4.40. The third-order valence-electron chi connectivity index (χ3n) is 0.390. The first-order valence-corrected chi connectivity index (χ1v) is 1.83. The van der Waals surface area contributed by atoms with Gasteiger partial charge in [-0.2, -0.15) is 0 Å². The van der Waals surface area contributed by atoms with E-state index in [1.54, 1.807) is 0 Å². The maximum absolute atomic E-state index is 9.57. The van der Waals surface area contributed by atoms with Gasteiger partial charge in [-0.25, -0.2) is 0 Å². The highest BCUT2D eigenvalue weighted by atomic mass is 17.0. The van der Waals surface area contributed by atoms with Crippen molar-refractivity contribution in [3.05, 3.63) is 0 Å². The summed E-state index contributed by atoms with van der Waals surface area (Å²) < 4.78 is 0. The van der Waals surface area contributed by atoms with Crippen LogP contribution in [0.2, 0.25) is 0 Å². The molecule has 0 saturated heterocycles. The van der Waals surface area contributed by atoms with Crippen LogP contribution in [0, 0.1) is 0 Å². The van der Waals surface area contributed by atoms with Crippen LogP contribution >= 0.6 is 0 Å². The highest BCUT2D eigenvalue weighted by Gasteiger charge is 1.99. The van der Waals surface area contributed by atoms with Crippen molar-refractivity contribution in [2.45, 2.75) is 13.0 Å². The molecule has 8 heavy (non-hydrogen) atoms. The Kier molecular flexibility index (Phi) is 8.22. The van der Waals surface area contributed by atoms with E-state index in [2.05, 4.69) is 0 Å². The summed E-state index contributed by atoms with van der Waals surface area (Å²) in [5.74, 6) is -0.963. The fourth-order valence-electron chi connectivity index (χ4n) is 0. The van der Waals surface area contributed by atoms with E-state index in [-0.39, 0.29) is 0 Å². The number of aliphatic carboxylic acids is 1. The van der Waals surface area contributed by atoms with Crippen molar-refractivity contribution in [3.8, 4) is 0 Å². The van der Waals surface area contributed by atoms with E-state index in [0.717, 1.165) is 0 Å². The maximum Gasteiger partial charge on any atom is 0.320 e. The van der Waals surface area contributed by atoms with Gasteiger partial charge in [0.05, 0.1) is 0 Å². The van der Waals surface area contributed by atoms with Crippen LogP contribution in [0.4, 0.5) is 0 Å². The molecule has 0 spiro atoms. The van der Waals surface area contributed by atoms with Gasteiger partial charge < -0.3 is 10.8 Å². The van der Waals surface area contributed by atoms with Crippen LogP contribution in [0.1, 0.15) is 6.92 Å². The largest absolute Gasteiger partial charge is 0.480 e. The fraction of sp³-hybridized carbons (Fsp3) is 0.667. The highest BCUT2D eigenvalue weighted by Crippen LogP contribution is 1.68. The molecule has 0 radical (unpaired) electrons. The molecule has 5 heteroatoms. The van der Waals surface area contributed by atoms with Gasteiger partial charge in [0.25, 0.3) is 0 Å². The summed E-state index contributed by atoms with van der Waals surface area (Å²) in [5, 5.41) is 19.9. The second-order valence-electron chi connectivity index (χ2n) is 1.13. The molecule has 1 atom stereocenters. The first kappa shape index (κ1) is 10.4. The molecule has 0 fully saturated rings. The van der Waals surface area contributed by atoms with Gasteiger partial charge in [-0.15, -0.1) is 0 Å². The minimum atomic E-state index is -0.963. The normalized spacial score (nSPS) is 11.0. The third-order valence-corrected chi connectivity index (χ3v) is 0.390. The van der Waals surface area contributed by atoms with Crippen LogP contribution in [-0.4, -0.2) is 27.6 Å². The van der Waals surface area contributed by atoms with Crippen LogP contribution in [-0.2, 0) is 4.79 Å². The summed E-state index contributed by atoms with van der Waals surface area (Å²) in [5.41, 5.74) is 4.84. The molecule has 0 amide bonds. The van der Waals surface area contributed by atoms with Gasteiger partial charge in [0, 0.05) is 0 Å². The van der Waals surface area contributed by atoms with Crippen LogP contribution in [0.5, 0.6) is 0 Å². The Balaban J connectivity index is 0. The number of carboxylic acid groups (broad SMARTS) is 1. The van der Waals surface area contributed by atoms with Gasteiger partial charge in [-0.3, -0.25) is 15.3 Å².